The first-order valence-electron chi connectivity index (χ1n) is 8.18. The van der Waals surface area contributed by atoms with E-state index in [4.69, 9.17) is 9.47 Å². The summed E-state index contributed by atoms with van der Waals surface area (Å²) in [6, 6.07) is 4.66. The summed E-state index contributed by atoms with van der Waals surface area (Å²) in [5, 5.41) is 11.9. The summed E-state index contributed by atoms with van der Waals surface area (Å²) in [6.07, 6.45) is 0.446. The summed E-state index contributed by atoms with van der Waals surface area (Å²) in [7, 11) is 0. The number of rotatable bonds is 4. The number of anilines is 1. The van der Waals surface area contributed by atoms with Gasteiger partial charge < -0.3 is 24.8 Å². The highest BCUT2D eigenvalue weighted by Crippen LogP contribution is 2.34. The molecule has 1 aromatic carbocycles. The lowest BCUT2D eigenvalue weighted by Crippen LogP contribution is -2.46. The quantitative estimate of drug-likeness (QED) is 0.844. The number of carboxylic acids is 1. The fourth-order valence-electron chi connectivity index (χ4n) is 3.06. The van der Waals surface area contributed by atoms with Gasteiger partial charge in [-0.25, -0.2) is 0 Å². The minimum atomic E-state index is -1.08. The molecule has 8 nitrogen and oxygen atoms in total. The molecule has 0 saturated carbocycles. The van der Waals surface area contributed by atoms with Gasteiger partial charge in [0.05, 0.1) is 11.3 Å². The molecule has 0 bridgehead atoms. The fourth-order valence-corrected chi connectivity index (χ4v) is 3.06. The number of ether oxygens (including phenoxy) is 2. The van der Waals surface area contributed by atoms with Crippen LogP contribution in [-0.2, 0) is 14.3 Å². The topological polar surface area (TPSA) is 105 Å². The third kappa shape index (κ3) is 3.58. The highest BCUT2D eigenvalue weighted by Gasteiger charge is 2.33. The number of carbonyl (C=O) groups excluding carboxylic acids is 2. The first kappa shape index (κ1) is 17.2. The Hall–Kier alpha value is -2.61. The average Bonchev–Trinajstić information content (AvgIpc) is 2.60. The molecular weight excluding hydrogens is 328 g/mol. The minimum Gasteiger partial charge on any atom is -0.480 e. The predicted octanol–water partition coefficient (Wildman–Crippen LogP) is 1.11. The van der Waals surface area contributed by atoms with E-state index in [9.17, 15) is 19.5 Å². The highest BCUT2D eigenvalue weighted by molar-refractivity contribution is 6.04. The van der Waals surface area contributed by atoms with Crippen molar-refractivity contribution >= 4 is 23.5 Å². The maximum atomic E-state index is 13.1. The number of nitrogens with zero attached hydrogens (tertiary/aromatic N) is 1. The van der Waals surface area contributed by atoms with Gasteiger partial charge in [0.25, 0.3) is 11.8 Å². The second-order valence-corrected chi connectivity index (χ2v) is 6.10. The summed E-state index contributed by atoms with van der Waals surface area (Å²) >= 11 is 0. The van der Waals surface area contributed by atoms with Crippen molar-refractivity contribution in [2.75, 3.05) is 25.1 Å². The number of para-hydroxylation sites is 1. The monoisotopic (exact) mass is 348 g/mol. The van der Waals surface area contributed by atoms with Gasteiger partial charge in [-0.3, -0.25) is 14.4 Å². The van der Waals surface area contributed by atoms with Gasteiger partial charge in [-0.15, -0.1) is 0 Å². The predicted molar refractivity (Wildman–Crippen MR) is 87.7 cm³/mol. The molecule has 0 radical (unpaired) electrons. The largest absolute Gasteiger partial charge is 0.480 e. The van der Waals surface area contributed by atoms with Crippen molar-refractivity contribution in [2.45, 2.75) is 31.9 Å². The van der Waals surface area contributed by atoms with Crippen molar-refractivity contribution in [3.8, 4) is 5.75 Å². The van der Waals surface area contributed by atoms with Gasteiger partial charge in [0, 0.05) is 19.3 Å². The van der Waals surface area contributed by atoms with E-state index < -0.39 is 24.5 Å². The number of carbonyl (C=O) groups is 3. The Morgan fingerprint density at radius 2 is 2.04 bits per heavy atom. The van der Waals surface area contributed by atoms with Gasteiger partial charge in [0.15, 0.2) is 11.9 Å². The fraction of sp³-hybridized carbons (Fsp3) is 0.471. The van der Waals surface area contributed by atoms with Gasteiger partial charge in [0.1, 0.15) is 6.54 Å². The number of aliphatic carboxylic acids is 1. The molecule has 2 amide bonds. The second kappa shape index (κ2) is 7.10. The Bertz CT molecular complexity index is 698. The van der Waals surface area contributed by atoms with E-state index in [1.54, 1.807) is 25.1 Å². The van der Waals surface area contributed by atoms with Gasteiger partial charge in [0.2, 0.25) is 0 Å². The van der Waals surface area contributed by atoms with Crippen LogP contribution in [0.3, 0.4) is 0 Å². The Labute approximate surface area is 144 Å². The zero-order valence-corrected chi connectivity index (χ0v) is 13.9. The molecule has 2 aliphatic rings. The Morgan fingerprint density at radius 1 is 1.32 bits per heavy atom. The SMILES string of the molecule is C[C@@H]1Oc2c(cccc2C(=O)N(CC(=O)O)C2CCOCC2)NC1=O. The summed E-state index contributed by atoms with van der Waals surface area (Å²) in [5.74, 6) is -1.51. The summed E-state index contributed by atoms with van der Waals surface area (Å²) < 4.78 is 10.9. The molecule has 0 aromatic heterocycles. The summed E-state index contributed by atoms with van der Waals surface area (Å²) in [6.45, 7) is 2.18. The molecule has 1 atom stereocenters. The maximum Gasteiger partial charge on any atom is 0.323 e. The van der Waals surface area contributed by atoms with Crippen LogP contribution in [0.1, 0.15) is 30.1 Å². The lowest BCUT2D eigenvalue weighted by Gasteiger charge is -2.34. The van der Waals surface area contributed by atoms with Crippen LogP contribution < -0.4 is 10.1 Å². The molecular formula is C17H20N2O6. The van der Waals surface area contributed by atoms with Crippen LogP contribution in [-0.4, -0.2) is 59.7 Å². The molecule has 1 fully saturated rings. The molecule has 2 aliphatic heterocycles. The lowest BCUT2D eigenvalue weighted by molar-refractivity contribution is -0.138. The molecule has 2 N–H and O–H groups in total. The van der Waals surface area contributed by atoms with Crippen molar-refractivity contribution in [1.29, 1.82) is 0 Å². The number of carboxylic acid groups (broad SMARTS) is 1. The van der Waals surface area contributed by atoms with E-state index in [2.05, 4.69) is 5.32 Å². The van der Waals surface area contributed by atoms with Crippen LogP contribution in [0.25, 0.3) is 0 Å². The third-order valence-corrected chi connectivity index (χ3v) is 4.37. The molecule has 2 heterocycles. The molecule has 3 rings (SSSR count). The Kier molecular flexibility index (Phi) is 4.89. The second-order valence-electron chi connectivity index (χ2n) is 6.10. The van der Waals surface area contributed by atoms with Crippen LogP contribution >= 0.6 is 0 Å². The number of hydrogen-bond acceptors (Lipinski definition) is 5. The molecule has 134 valence electrons. The van der Waals surface area contributed by atoms with Crippen molar-refractivity contribution < 1.29 is 29.0 Å². The number of amides is 2. The van der Waals surface area contributed by atoms with E-state index >= 15 is 0 Å². The van der Waals surface area contributed by atoms with E-state index in [0.29, 0.717) is 31.7 Å². The molecule has 0 aliphatic carbocycles. The van der Waals surface area contributed by atoms with E-state index in [-0.39, 0.29) is 23.3 Å². The number of hydrogen-bond donors (Lipinski definition) is 2. The van der Waals surface area contributed by atoms with E-state index in [1.165, 1.54) is 4.90 Å². The van der Waals surface area contributed by atoms with Crippen LogP contribution in [0.2, 0.25) is 0 Å². The van der Waals surface area contributed by atoms with Crippen molar-refractivity contribution in [1.82, 2.24) is 4.90 Å². The van der Waals surface area contributed by atoms with Crippen LogP contribution in [0.15, 0.2) is 18.2 Å². The highest BCUT2D eigenvalue weighted by atomic mass is 16.5. The summed E-state index contributed by atoms with van der Waals surface area (Å²) in [4.78, 5) is 37.4. The Morgan fingerprint density at radius 3 is 2.72 bits per heavy atom. The number of benzene rings is 1. The average molecular weight is 348 g/mol. The maximum absolute atomic E-state index is 13.1. The molecule has 25 heavy (non-hydrogen) atoms. The van der Waals surface area contributed by atoms with Crippen molar-refractivity contribution in [3.05, 3.63) is 23.8 Å². The van der Waals surface area contributed by atoms with Crippen LogP contribution in [0, 0.1) is 0 Å². The van der Waals surface area contributed by atoms with E-state index in [0.717, 1.165) is 0 Å². The van der Waals surface area contributed by atoms with Crippen molar-refractivity contribution in [3.63, 3.8) is 0 Å². The smallest absolute Gasteiger partial charge is 0.323 e. The molecule has 1 aromatic rings. The molecule has 0 unspecified atom stereocenters. The van der Waals surface area contributed by atoms with Gasteiger partial charge in [-0.2, -0.15) is 0 Å². The van der Waals surface area contributed by atoms with E-state index in [1.807, 2.05) is 0 Å². The molecule has 1 saturated heterocycles. The minimum absolute atomic E-state index is 0.205. The van der Waals surface area contributed by atoms with Crippen LogP contribution in [0.5, 0.6) is 5.75 Å². The van der Waals surface area contributed by atoms with Gasteiger partial charge in [-0.1, -0.05) is 6.07 Å². The molecule has 8 heteroatoms. The Balaban J connectivity index is 1.93. The standard InChI is InChI=1S/C17H20N2O6/c1-10-16(22)18-13-4-2-3-12(15(13)25-10)17(23)19(9-14(20)21)11-5-7-24-8-6-11/h2-4,10-11H,5-9H2,1H3,(H,18,22)(H,20,21)/t10-/m0/s1. The molecule has 0 spiro atoms. The van der Waals surface area contributed by atoms with Gasteiger partial charge in [-0.05, 0) is 31.9 Å². The van der Waals surface area contributed by atoms with Gasteiger partial charge >= 0.3 is 5.97 Å². The number of fused-ring (bicyclic) bond motifs is 1. The summed E-state index contributed by atoms with van der Waals surface area (Å²) in [5.41, 5.74) is 0.660. The lowest BCUT2D eigenvalue weighted by atomic mass is 10.0. The zero-order valence-electron chi connectivity index (χ0n) is 13.9. The normalized spacial score (nSPS) is 20.2. The first-order valence-corrected chi connectivity index (χ1v) is 8.18. The third-order valence-electron chi connectivity index (χ3n) is 4.37. The number of nitrogens with one attached hydrogen (secondary N) is 1. The first-order chi connectivity index (χ1) is 12.0. The van der Waals surface area contributed by atoms with Crippen LogP contribution in [0.4, 0.5) is 5.69 Å². The zero-order chi connectivity index (χ0) is 18.0. The van der Waals surface area contributed by atoms with Crippen molar-refractivity contribution in [2.24, 2.45) is 0 Å².